The monoisotopic (exact) mass is 921 g/mol. The van der Waals surface area contributed by atoms with Gasteiger partial charge in [-0.15, -0.1) is 0 Å². The van der Waals surface area contributed by atoms with Crippen molar-refractivity contribution in [3.05, 3.63) is 72.9 Å². The summed E-state index contributed by atoms with van der Waals surface area (Å²) in [7, 11) is 0. The fourth-order valence-electron chi connectivity index (χ4n) is 7.89. The zero-order valence-electron chi connectivity index (χ0n) is 44.0. The number of hydrogen-bond acceptors (Lipinski definition) is 5. The van der Waals surface area contributed by atoms with Crippen LogP contribution in [-0.2, 0) is 23.8 Å². The third-order valence-electron chi connectivity index (χ3n) is 12.2. The summed E-state index contributed by atoms with van der Waals surface area (Å²) in [6.07, 6.45) is 73.4. The van der Waals surface area contributed by atoms with Crippen LogP contribution in [0.4, 0.5) is 0 Å². The molecule has 382 valence electrons. The molecule has 0 fully saturated rings. The van der Waals surface area contributed by atoms with Crippen LogP contribution in [-0.4, -0.2) is 37.9 Å². The summed E-state index contributed by atoms with van der Waals surface area (Å²) >= 11 is 0. The van der Waals surface area contributed by atoms with Gasteiger partial charge in [0.25, 0.3) is 0 Å². The summed E-state index contributed by atoms with van der Waals surface area (Å²) in [5.74, 6) is -0.422. The van der Waals surface area contributed by atoms with E-state index >= 15 is 0 Å². The van der Waals surface area contributed by atoms with Crippen LogP contribution in [0.25, 0.3) is 0 Å². The number of ether oxygens (including phenoxy) is 3. The molecule has 1 atom stereocenters. The van der Waals surface area contributed by atoms with Crippen molar-refractivity contribution < 1.29 is 23.8 Å². The predicted molar refractivity (Wildman–Crippen MR) is 288 cm³/mol. The fourth-order valence-corrected chi connectivity index (χ4v) is 7.89. The summed E-state index contributed by atoms with van der Waals surface area (Å²) in [5.41, 5.74) is 0. The second kappa shape index (κ2) is 56.7. The number of rotatable bonds is 52. The van der Waals surface area contributed by atoms with Gasteiger partial charge < -0.3 is 14.2 Å². The molecule has 1 unspecified atom stereocenters. The van der Waals surface area contributed by atoms with Crippen LogP contribution in [0.2, 0.25) is 0 Å². The van der Waals surface area contributed by atoms with E-state index in [1.165, 1.54) is 161 Å². The number of carbonyl (C=O) groups excluding carboxylic acids is 2. The molecule has 0 bridgehead atoms. The Bertz CT molecular complexity index is 1180. The minimum Gasteiger partial charge on any atom is -0.462 e. The number of unbranched alkanes of at least 4 members (excludes halogenated alkanes) is 29. The summed E-state index contributed by atoms with van der Waals surface area (Å²) in [6.45, 7) is 7.75. The molecule has 0 N–H and O–H groups in total. The smallest absolute Gasteiger partial charge is 0.306 e. The average molecular weight is 922 g/mol. The minimum absolute atomic E-state index is 0.0694. The van der Waals surface area contributed by atoms with Gasteiger partial charge in [0.15, 0.2) is 6.10 Å². The summed E-state index contributed by atoms with van der Waals surface area (Å²) in [4.78, 5) is 25.5. The highest BCUT2D eigenvalue weighted by Crippen LogP contribution is 2.14. The molecule has 0 aromatic heterocycles. The number of hydrogen-bond donors (Lipinski definition) is 0. The molecule has 0 heterocycles. The van der Waals surface area contributed by atoms with E-state index < -0.39 is 6.10 Å². The zero-order chi connectivity index (χ0) is 47.7. The van der Waals surface area contributed by atoms with E-state index in [-0.39, 0.29) is 25.2 Å². The zero-order valence-corrected chi connectivity index (χ0v) is 44.0. The molecule has 0 saturated carbocycles. The highest BCUT2D eigenvalue weighted by atomic mass is 16.6. The van der Waals surface area contributed by atoms with Crippen LogP contribution in [0.1, 0.15) is 278 Å². The molecule has 66 heavy (non-hydrogen) atoms. The molecule has 0 aromatic rings. The Morgan fingerprint density at radius 3 is 1.06 bits per heavy atom. The van der Waals surface area contributed by atoms with Crippen LogP contribution >= 0.6 is 0 Å². The first-order chi connectivity index (χ1) is 32.6. The van der Waals surface area contributed by atoms with Crippen LogP contribution < -0.4 is 0 Å². The summed E-state index contributed by atoms with van der Waals surface area (Å²) in [5, 5.41) is 0. The number of allylic oxidation sites excluding steroid dienone is 12. The van der Waals surface area contributed by atoms with Crippen molar-refractivity contribution in [1.82, 2.24) is 0 Å². The summed E-state index contributed by atoms with van der Waals surface area (Å²) < 4.78 is 17.4. The fraction of sp³-hybridized carbons (Fsp3) is 0.770. The topological polar surface area (TPSA) is 61.8 Å². The quantitative estimate of drug-likeness (QED) is 0.0346. The van der Waals surface area contributed by atoms with E-state index in [1.54, 1.807) is 0 Å². The number of esters is 2. The lowest BCUT2D eigenvalue weighted by Crippen LogP contribution is -2.30. The van der Waals surface area contributed by atoms with Crippen molar-refractivity contribution in [3.63, 3.8) is 0 Å². The van der Waals surface area contributed by atoms with Gasteiger partial charge in [-0.2, -0.15) is 0 Å². The normalized spacial score (nSPS) is 12.7. The predicted octanol–water partition coefficient (Wildman–Crippen LogP) is 19.5. The lowest BCUT2D eigenvalue weighted by Gasteiger charge is -2.18. The van der Waals surface area contributed by atoms with E-state index in [9.17, 15) is 9.59 Å². The molecule has 0 saturated heterocycles. The maximum absolute atomic E-state index is 12.8. The molecule has 5 nitrogen and oxygen atoms in total. The van der Waals surface area contributed by atoms with Gasteiger partial charge in [0, 0.05) is 19.4 Å². The molecule has 0 amide bonds. The van der Waals surface area contributed by atoms with Gasteiger partial charge in [0.2, 0.25) is 0 Å². The van der Waals surface area contributed by atoms with Crippen LogP contribution in [0.15, 0.2) is 72.9 Å². The molecule has 0 rings (SSSR count). The first kappa shape index (κ1) is 63.3. The van der Waals surface area contributed by atoms with Gasteiger partial charge in [-0.3, -0.25) is 9.59 Å². The Morgan fingerprint density at radius 1 is 0.333 bits per heavy atom. The second-order valence-corrected chi connectivity index (χ2v) is 18.8. The van der Waals surface area contributed by atoms with Crippen molar-refractivity contribution in [2.24, 2.45) is 0 Å². The molecule has 5 heteroatoms. The Balaban J connectivity index is 4.32. The van der Waals surface area contributed by atoms with Gasteiger partial charge in [0.1, 0.15) is 6.61 Å². The Hall–Kier alpha value is -2.66. The van der Waals surface area contributed by atoms with Crippen LogP contribution in [0.3, 0.4) is 0 Å². The van der Waals surface area contributed by atoms with E-state index in [1.807, 2.05) is 0 Å². The van der Waals surface area contributed by atoms with Gasteiger partial charge in [-0.1, -0.05) is 222 Å². The first-order valence-corrected chi connectivity index (χ1v) is 28.5. The van der Waals surface area contributed by atoms with E-state index in [4.69, 9.17) is 14.2 Å². The van der Waals surface area contributed by atoms with Crippen molar-refractivity contribution in [2.75, 3.05) is 19.8 Å². The number of carbonyl (C=O) groups is 2. The molecule has 0 aliphatic rings. The van der Waals surface area contributed by atoms with Gasteiger partial charge in [-0.25, -0.2) is 0 Å². The molecule has 0 aliphatic carbocycles. The van der Waals surface area contributed by atoms with Crippen molar-refractivity contribution in [2.45, 2.75) is 284 Å². The minimum atomic E-state index is -0.554. The van der Waals surface area contributed by atoms with E-state index in [2.05, 4.69) is 93.7 Å². The molecular formula is C61H108O5. The third kappa shape index (κ3) is 54.0. The van der Waals surface area contributed by atoms with Crippen LogP contribution in [0, 0.1) is 0 Å². The third-order valence-corrected chi connectivity index (χ3v) is 12.2. The molecule has 0 spiro atoms. The Morgan fingerprint density at radius 2 is 0.636 bits per heavy atom. The Labute approximate surface area is 410 Å². The standard InChI is InChI=1S/C61H108O5/c1-4-7-10-13-16-19-22-25-28-29-30-31-32-35-38-41-44-47-50-53-56-64-57-59(66-61(63)55-52-49-46-43-40-37-34-27-24-21-18-15-12-9-6-3)58-65-60(62)54-51-48-45-42-39-36-33-26-23-20-17-14-11-8-5-2/h16-17,19-20,25-28,30-31,33-34,59H,4-15,18,21-24,29,32,35-58H2,1-3H3/b19-16-,20-17-,28-25-,31-30-,33-26-,34-27-. The maximum atomic E-state index is 12.8. The molecular weight excluding hydrogens is 813 g/mol. The van der Waals surface area contributed by atoms with Crippen molar-refractivity contribution >= 4 is 11.9 Å². The highest BCUT2D eigenvalue weighted by Gasteiger charge is 2.17. The highest BCUT2D eigenvalue weighted by molar-refractivity contribution is 5.70. The van der Waals surface area contributed by atoms with Crippen molar-refractivity contribution in [3.8, 4) is 0 Å². The van der Waals surface area contributed by atoms with Gasteiger partial charge in [-0.05, 0) is 116 Å². The molecule has 0 aliphatic heterocycles. The lowest BCUT2D eigenvalue weighted by atomic mass is 10.1. The van der Waals surface area contributed by atoms with Gasteiger partial charge >= 0.3 is 11.9 Å². The maximum Gasteiger partial charge on any atom is 0.306 e. The van der Waals surface area contributed by atoms with Gasteiger partial charge in [0.05, 0.1) is 6.61 Å². The second-order valence-electron chi connectivity index (χ2n) is 18.8. The first-order valence-electron chi connectivity index (χ1n) is 28.5. The van der Waals surface area contributed by atoms with E-state index in [0.29, 0.717) is 19.4 Å². The lowest BCUT2D eigenvalue weighted by molar-refractivity contribution is -0.163. The average Bonchev–Trinajstić information content (AvgIpc) is 3.32. The Kier molecular flexibility index (Phi) is 54.4. The molecule has 0 aromatic carbocycles. The van der Waals surface area contributed by atoms with Crippen molar-refractivity contribution in [1.29, 1.82) is 0 Å². The SMILES string of the molecule is CCCCC/C=C\C/C=C\C/C=C\CCCCCCCCCOCC(COC(=O)CCCCCCC/C=C\C/C=C\CCCCC)OC(=O)CCCCCCC/C=C\CCCCCCCC. The largest absolute Gasteiger partial charge is 0.462 e. The van der Waals surface area contributed by atoms with Crippen LogP contribution in [0.5, 0.6) is 0 Å². The molecule has 0 radical (unpaired) electrons. The summed E-state index contributed by atoms with van der Waals surface area (Å²) in [6, 6.07) is 0. The van der Waals surface area contributed by atoms with E-state index in [0.717, 1.165) is 83.5 Å².